The van der Waals surface area contributed by atoms with Crippen LogP contribution in [0.25, 0.3) is 0 Å². The molecule has 28 heavy (non-hydrogen) atoms. The van der Waals surface area contributed by atoms with Gasteiger partial charge in [0.25, 0.3) is 0 Å². The second-order valence-corrected chi connectivity index (χ2v) is 6.63. The molecule has 150 valence electrons. The van der Waals surface area contributed by atoms with E-state index in [4.69, 9.17) is 15.2 Å². The van der Waals surface area contributed by atoms with Gasteiger partial charge in [0, 0.05) is 6.20 Å². The number of hydrogen-bond donors (Lipinski definition) is 3. The molecule has 0 spiro atoms. The highest BCUT2D eigenvalue weighted by molar-refractivity contribution is 5.89. The standard InChI is InChI=1S/C19H23N3O6/c1-2-3-11-4-6-12(7-5-11)18(25)27-10-13-15(23)16(24)17(28-13)22-9-8-14(20)21-19(22)26/h4-9,13,15-17,23-24H,2-3,10H2,1H3,(H2,20,21,26)/t13-,15-,16-,17-/m1/s1. The van der Waals surface area contributed by atoms with E-state index in [1.807, 2.05) is 12.1 Å². The predicted octanol–water partition coefficient (Wildman–Crippen LogP) is 0.254. The molecule has 0 bridgehead atoms. The molecule has 1 aliphatic rings. The van der Waals surface area contributed by atoms with E-state index < -0.39 is 36.2 Å². The molecule has 0 amide bonds. The summed E-state index contributed by atoms with van der Waals surface area (Å²) < 4.78 is 11.8. The molecule has 1 aromatic carbocycles. The number of nitrogens with two attached hydrogens (primary N) is 1. The molecular weight excluding hydrogens is 366 g/mol. The Labute approximate surface area is 161 Å². The summed E-state index contributed by atoms with van der Waals surface area (Å²) in [5.74, 6) is -0.534. The molecule has 9 nitrogen and oxygen atoms in total. The first-order valence-corrected chi connectivity index (χ1v) is 9.03. The van der Waals surface area contributed by atoms with Crippen molar-refractivity contribution in [2.45, 2.75) is 44.3 Å². The van der Waals surface area contributed by atoms with Crippen LogP contribution >= 0.6 is 0 Å². The zero-order valence-corrected chi connectivity index (χ0v) is 15.4. The van der Waals surface area contributed by atoms with Crippen molar-refractivity contribution in [1.82, 2.24) is 9.55 Å². The third kappa shape index (κ3) is 4.22. The van der Waals surface area contributed by atoms with Crippen molar-refractivity contribution < 1.29 is 24.5 Å². The zero-order chi connectivity index (χ0) is 20.3. The maximum absolute atomic E-state index is 12.2. The first-order valence-electron chi connectivity index (χ1n) is 9.03. The topological polar surface area (TPSA) is 137 Å². The molecule has 9 heteroatoms. The second-order valence-electron chi connectivity index (χ2n) is 6.63. The Balaban J connectivity index is 1.63. The smallest absolute Gasteiger partial charge is 0.351 e. The lowest BCUT2D eigenvalue weighted by atomic mass is 10.1. The molecule has 1 saturated heterocycles. The van der Waals surface area contributed by atoms with Crippen molar-refractivity contribution in [3.05, 3.63) is 58.1 Å². The number of benzene rings is 1. The summed E-state index contributed by atoms with van der Waals surface area (Å²) in [6.45, 7) is 1.80. The molecule has 3 rings (SSSR count). The Hall–Kier alpha value is -2.75. The van der Waals surface area contributed by atoms with Crippen molar-refractivity contribution in [3.8, 4) is 0 Å². The van der Waals surface area contributed by atoms with Crippen LogP contribution in [0.1, 0.15) is 35.5 Å². The average Bonchev–Trinajstić information content (AvgIpc) is 2.95. The van der Waals surface area contributed by atoms with E-state index in [1.54, 1.807) is 12.1 Å². The van der Waals surface area contributed by atoms with Gasteiger partial charge in [-0.05, 0) is 30.2 Å². The average molecular weight is 389 g/mol. The number of carbonyl (C=O) groups is 1. The first-order chi connectivity index (χ1) is 13.4. The number of rotatable bonds is 6. The summed E-state index contributed by atoms with van der Waals surface area (Å²) in [6, 6.07) is 8.45. The summed E-state index contributed by atoms with van der Waals surface area (Å²) in [4.78, 5) is 27.7. The van der Waals surface area contributed by atoms with Gasteiger partial charge in [-0.3, -0.25) is 4.57 Å². The Morgan fingerprint density at radius 1 is 1.25 bits per heavy atom. The largest absolute Gasteiger partial charge is 0.459 e. The number of aliphatic hydroxyl groups is 2. The number of ether oxygens (including phenoxy) is 2. The van der Waals surface area contributed by atoms with Crippen LogP contribution in [0.2, 0.25) is 0 Å². The molecule has 0 unspecified atom stereocenters. The first kappa shape index (κ1) is 20.0. The quantitative estimate of drug-likeness (QED) is 0.598. The van der Waals surface area contributed by atoms with Crippen molar-refractivity contribution in [3.63, 3.8) is 0 Å². The highest BCUT2D eigenvalue weighted by Gasteiger charge is 2.44. The van der Waals surface area contributed by atoms with Gasteiger partial charge in [-0.1, -0.05) is 25.5 Å². The lowest BCUT2D eigenvalue weighted by Crippen LogP contribution is -2.36. The normalized spacial score (nSPS) is 24.2. The Morgan fingerprint density at radius 2 is 1.96 bits per heavy atom. The lowest BCUT2D eigenvalue weighted by molar-refractivity contribution is -0.0598. The lowest BCUT2D eigenvalue weighted by Gasteiger charge is -2.16. The van der Waals surface area contributed by atoms with Crippen LogP contribution in [0.15, 0.2) is 41.3 Å². The van der Waals surface area contributed by atoms with Crippen LogP contribution in [0, 0.1) is 0 Å². The van der Waals surface area contributed by atoms with E-state index in [-0.39, 0.29) is 12.4 Å². The van der Waals surface area contributed by atoms with Crippen LogP contribution in [0.5, 0.6) is 0 Å². The van der Waals surface area contributed by atoms with Gasteiger partial charge in [0.2, 0.25) is 0 Å². The van der Waals surface area contributed by atoms with Crippen molar-refractivity contribution in [2.24, 2.45) is 0 Å². The number of aryl methyl sites for hydroxylation is 1. The number of aromatic nitrogens is 2. The number of hydrogen-bond acceptors (Lipinski definition) is 8. The van der Waals surface area contributed by atoms with Crippen LogP contribution in [0.3, 0.4) is 0 Å². The molecule has 4 N–H and O–H groups in total. The molecule has 4 atom stereocenters. The summed E-state index contributed by atoms with van der Waals surface area (Å²) in [5.41, 5.74) is 6.23. The van der Waals surface area contributed by atoms with E-state index in [0.717, 1.165) is 23.0 Å². The monoisotopic (exact) mass is 389 g/mol. The number of carbonyl (C=O) groups excluding carboxylic acids is 1. The van der Waals surface area contributed by atoms with Gasteiger partial charge in [0.1, 0.15) is 30.7 Å². The number of nitrogens with zero attached hydrogens (tertiary/aromatic N) is 2. The minimum absolute atomic E-state index is 0.0321. The molecule has 0 radical (unpaired) electrons. The molecule has 1 fully saturated rings. The highest BCUT2D eigenvalue weighted by Crippen LogP contribution is 2.28. The highest BCUT2D eigenvalue weighted by atomic mass is 16.6. The van der Waals surface area contributed by atoms with Crippen LogP contribution in [-0.4, -0.2) is 50.7 Å². The van der Waals surface area contributed by atoms with Crippen molar-refractivity contribution >= 4 is 11.8 Å². The van der Waals surface area contributed by atoms with E-state index >= 15 is 0 Å². The molecule has 1 aromatic heterocycles. The SMILES string of the molecule is CCCc1ccc(C(=O)OC[C@H]2O[C@@H](n3ccc(N)nc3=O)[C@H](O)[C@@H]2O)cc1. The van der Waals surface area contributed by atoms with E-state index in [0.29, 0.717) is 5.56 Å². The van der Waals surface area contributed by atoms with Gasteiger partial charge in [-0.15, -0.1) is 0 Å². The zero-order valence-electron chi connectivity index (χ0n) is 15.4. The van der Waals surface area contributed by atoms with E-state index in [9.17, 15) is 19.8 Å². The molecular formula is C19H23N3O6. The maximum atomic E-state index is 12.2. The minimum Gasteiger partial charge on any atom is -0.459 e. The molecule has 0 aliphatic carbocycles. The maximum Gasteiger partial charge on any atom is 0.351 e. The van der Waals surface area contributed by atoms with Gasteiger partial charge >= 0.3 is 11.7 Å². The van der Waals surface area contributed by atoms with Gasteiger partial charge in [0.15, 0.2) is 6.23 Å². The number of aliphatic hydroxyl groups excluding tert-OH is 2. The van der Waals surface area contributed by atoms with Gasteiger partial charge in [-0.2, -0.15) is 4.98 Å². The second kappa shape index (κ2) is 8.51. The van der Waals surface area contributed by atoms with Gasteiger partial charge < -0.3 is 25.4 Å². The molecule has 2 aromatic rings. The Morgan fingerprint density at radius 3 is 2.61 bits per heavy atom. The van der Waals surface area contributed by atoms with Crippen LogP contribution in [0.4, 0.5) is 5.82 Å². The van der Waals surface area contributed by atoms with Crippen LogP contribution < -0.4 is 11.4 Å². The minimum atomic E-state index is -1.39. The van der Waals surface area contributed by atoms with Crippen LogP contribution in [-0.2, 0) is 15.9 Å². The summed E-state index contributed by atoms with van der Waals surface area (Å²) in [7, 11) is 0. The fraction of sp³-hybridized carbons (Fsp3) is 0.421. The fourth-order valence-electron chi connectivity index (χ4n) is 3.05. The molecule has 1 aliphatic heterocycles. The number of nitrogen functional groups attached to an aromatic ring is 1. The fourth-order valence-corrected chi connectivity index (χ4v) is 3.05. The Bertz CT molecular complexity index is 882. The number of anilines is 1. The van der Waals surface area contributed by atoms with Gasteiger partial charge in [-0.25, -0.2) is 9.59 Å². The van der Waals surface area contributed by atoms with E-state index in [1.165, 1.54) is 12.3 Å². The summed E-state index contributed by atoms with van der Waals surface area (Å²) in [5, 5.41) is 20.4. The van der Waals surface area contributed by atoms with E-state index in [2.05, 4.69) is 11.9 Å². The van der Waals surface area contributed by atoms with Gasteiger partial charge in [0.05, 0.1) is 5.56 Å². The summed E-state index contributed by atoms with van der Waals surface area (Å²) in [6.07, 6.45) is -1.63. The summed E-state index contributed by atoms with van der Waals surface area (Å²) >= 11 is 0. The Kier molecular flexibility index (Phi) is 6.08. The molecule has 2 heterocycles. The third-order valence-electron chi connectivity index (χ3n) is 4.57. The number of esters is 1. The van der Waals surface area contributed by atoms with Crippen molar-refractivity contribution in [2.75, 3.05) is 12.3 Å². The third-order valence-corrected chi connectivity index (χ3v) is 4.57. The predicted molar refractivity (Wildman–Crippen MR) is 99.6 cm³/mol. The van der Waals surface area contributed by atoms with Crippen molar-refractivity contribution in [1.29, 1.82) is 0 Å². The molecule has 0 saturated carbocycles.